The molecule has 0 saturated heterocycles. The van der Waals surface area contributed by atoms with Crippen LogP contribution in [-0.4, -0.2) is 14.9 Å². The van der Waals surface area contributed by atoms with E-state index in [-0.39, 0.29) is 28.7 Å². The first-order chi connectivity index (χ1) is 9.52. The van der Waals surface area contributed by atoms with E-state index in [1.165, 1.54) is 18.5 Å². The number of nitrogens with zero attached hydrogens (tertiary/aromatic N) is 4. The molecule has 0 amide bonds. The maximum atomic E-state index is 11.1. The Labute approximate surface area is 126 Å². The van der Waals surface area contributed by atoms with Gasteiger partial charge in [-0.25, -0.2) is 9.97 Å². The van der Waals surface area contributed by atoms with Gasteiger partial charge in [0.1, 0.15) is 0 Å². The minimum absolute atomic E-state index is 0.0157. The highest BCUT2D eigenvalue weighted by atomic mass is 127. The van der Waals surface area contributed by atoms with Gasteiger partial charge < -0.3 is 10.5 Å². The van der Waals surface area contributed by atoms with Crippen molar-refractivity contribution in [3.05, 3.63) is 43.8 Å². The zero-order valence-corrected chi connectivity index (χ0v) is 11.9. The van der Waals surface area contributed by atoms with E-state index in [1.807, 2.05) is 28.7 Å². The zero-order chi connectivity index (χ0) is 14.7. The third kappa shape index (κ3) is 2.75. The Hall–Kier alpha value is -2.48. The molecule has 2 aromatic rings. The molecule has 0 fully saturated rings. The minimum atomic E-state index is -0.634. The Morgan fingerprint density at radius 1 is 1.40 bits per heavy atom. The van der Waals surface area contributed by atoms with Gasteiger partial charge in [-0.15, -0.1) is 0 Å². The summed E-state index contributed by atoms with van der Waals surface area (Å²) in [5.74, 6) is -0.0398. The molecule has 100 valence electrons. The SMILES string of the molecule is N#Cc1cc(I)c(Oc2nccnc2N)c([N+](=O)[O-])c1. The first-order valence-electron chi connectivity index (χ1n) is 5.15. The first kappa shape index (κ1) is 13.9. The molecule has 0 unspecified atom stereocenters. The third-order valence-electron chi connectivity index (χ3n) is 2.24. The van der Waals surface area contributed by atoms with Crippen LogP contribution in [0.1, 0.15) is 5.56 Å². The van der Waals surface area contributed by atoms with E-state index in [1.54, 1.807) is 0 Å². The van der Waals surface area contributed by atoms with Gasteiger partial charge in [0.05, 0.1) is 20.1 Å². The smallest absolute Gasteiger partial charge is 0.314 e. The molecule has 9 heteroatoms. The number of ether oxygens (including phenoxy) is 1. The van der Waals surface area contributed by atoms with Gasteiger partial charge in [0.15, 0.2) is 5.82 Å². The molecule has 0 bridgehead atoms. The maximum absolute atomic E-state index is 11.1. The van der Waals surface area contributed by atoms with Crippen molar-refractivity contribution in [1.82, 2.24) is 9.97 Å². The highest BCUT2D eigenvalue weighted by Crippen LogP contribution is 2.37. The number of aromatic nitrogens is 2. The molecule has 0 spiro atoms. The van der Waals surface area contributed by atoms with Crippen LogP contribution >= 0.6 is 22.6 Å². The lowest BCUT2D eigenvalue weighted by Gasteiger charge is -2.08. The Bertz CT molecular complexity index is 728. The summed E-state index contributed by atoms with van der Waals surface area (Å²) >= 11 is 1.84. The second-order valence-corrected chi connectivity index (χ2v) is 4.69. The van der Waals surface area contributed by atoms with Crippen LogP contribution in [0.25, 0.3) is 0 Å². The summed E-state index contributed by atoms with van der Waals surface area (Å²) in [6.45, 7) is 0. The molecule has 1 aromatic heterocycles. The third-order valence-corrected chi connectivity index (χ3v) is 3.04. The number of halogens is 1. The van der Waals surface area contributed by atoms with Crippen molar-refractivity contribution in [1.29, 1.82) is 5.26 Å². The standard InChI is InChI=1S/C11H6IN5O3/c12-7-3-6(5-13)4-8(17(18)19)9(7)20-11-10(14)15-1-2-16-11/h1-4H,(H2,14,15). The van der Waals surface area contributed by atoms with E-state index >= 15 is 0 Å². The van der Waals surface area contributed by atoms with Gasteiger partial charge in [-0.2, -0.15) is 5.26 Å². The molecule has 1 heterocycles. The average Bonchev–Trinajstić information content (AvgIpc) is 2.42. The summed E-state index contributed by atoms with van der Waals surface area (Å²) in [5, 5.41) is 19.9. The number of rotatable bonds is 3. The van der Waals surface area contributed by atoms with Crippen LogP contribution in [0.5, 0.6) is 11.6 Å². The summed E-state index contributed by atoms with van der Waals surface area (Å²) in [6, 6.07) is 4.44. The van der Waals surface area contributed by atoms with E-state index < -0.39 is 4.92 Å². The normalized spacial score (nSPS) is 9.80. The Kier molecular flexibility index (Phi) is 3.94. The number of nitrogens with two attached hydrogens (primary N) is 1. The summed E-state index contributed by atoms with van der Waals surface area (Å²) in [4.78, 5) is 18.1. The number of hydrogen-bond acceptors (Lipinski definition) is 7. The van der Waals surface area contributed by atoms with Gasteiger partial charge in [-0.3, -0.25) is 10.1 Å². The van der Waals surface area contributed by atoms with Gasteiger partial charge in [-0.05, 0) is 28.7 Å². The van der Waals surface area contributed by atoms with Crippen molar-refractivity contribution in [3.8, 4) is 17.7 Å². The lowest BCUT2D eigenvalue weighted by atomic mass is 10.2. The molecule has 2 N–H and O–H groups in total. The van der Waals surface area contributed by atoms with Crippen LogP contribution < -0.4 is 10.5 Å². The molecule has 2 rings (SSSR count). The molecule has 0 saturated carbocycles. The molecule has 1 aromatic carbocycles. The Morgan fingerprint density at radius 2 is 2.10 bits per heavy atom. The van der Waals surface area contributed by atoms with Crippen molar-refractivity contribution < 1.29 is 9.66 Å². The van der Waals surface area contributed by atoms with Crippen LogP contribution in [0.4, 0.5) is 11.5 Å². The van der Waals surface area contributed by atoms with Crippen molar-refractivity contribution >= 4 is 34.1 Å². The van der Waals surface area contributed by atoms with Gasteiger partial charge in [0.25, 0.3) is 5.88 Å². The van der Waals surface area contributed by atoms with Crippen LogP contribution in [0.15, 0.2) is 24.5 Å². The second-order valence-electron chi connectivity index (χ2n) is 3.52. The molecular weight excluding hydrogens is 377 g/mol. The Morgan fingerprint density at radius 3 is 2.70 bits per heavy atom. The fraction of sp³-hybridized carbons (Fsp3) is 0. The van der Waals surface area contributed by atoms with Gasteiger partial charge >= 0.3 is 5.69 Å². The number of nitrogen functional groups attached to an aromatic ring is 1. The van der Waals surface area contributed by atoms with Crippen molar-refractivity contribution in [2.24, 2.45) is 0 Å². The van der Waals surface area contributed by atoms with E-state index in [9.17, 15) is 10.1 Å². The lowest BCUT2D eigenvalue weighted by Crippen LogP contribution is -2.01. The predicted molar refractivity (Wildman–Crippen MR) is 77.0 cm³/mol. The average molecular weight is 383 g/mol. The molecule has 20 heavy (non-hydrogen) atoms. The topological polar surface area (TPSA) is 128 Å². The second kappa shape index (κ2) is 5.66. The number of nitro groups is 1. The largest absolute Gasteiger partial charge is 0.427 e. The maximum Gasteiger partial charge on any atom is 0.314 e. The van der Waals surface area contributed by atoms with Crippen molar-refractivity contribution in [2.75, 3.05) is 5.73 Å². The molecule has 0 aliphatic heterocycles. The van der Waals surface area contributed by atoms with Crippen LogP contribution in [-0.2, 0) is 0 Å². The van der Waals surface area contributed by atoms with Crippen LogP contribution in [0.2, 0.25) is 0 Å². The van der Waals surface area contributed by atoms with Gasteiger partial charge in [0, 0.05) is 18.5 Å². The highest BCUT2D eigenvalue weighted by molar-refractivity contribution is 14.1. The number of benzene rings is 1. The summed E-state index contributed by atoms with van der Waals surface area (Å²) in [7, 11) is 0. The first-order valence-corrected chi connectivity index (χ1v) is 6.23. The quantitative estimate of drug-likeness (QED) is 0.489. The monoisotopic (exact) mass is 383 g/mol. The van der Waals surface area contributed by atoms with E-state index in [4.69, 9.17) is 15.7 Å². The molecule has 0 aliphatic rings. The van der Waals surface area contributed by atoms with Crippen molar-refractivity contribution in [3.63, 3.8) is 0 Å². The molecule has 8 nitrogen and oxygen atoms in total. The summed E-state index contributed by atoms with van der Waals surface area (Å²) < 4.78 is 5.78. The fourth-order valence-electron chi connectivity index (χ4n) is 1.39. The van der Waals surface area contributed by atoms with Gasteiger partial charge in [-0.1, -0.05) is 0 Å². The number of nitriles is 1. The Balaban J connectivity index is 2.54. The summed E-state index contributed by atoms with van der Waals surface area (Å²) in [6.07, 6.45) is 2.73. The zero-order valence-electron chi connectivity index (χ0n) is 9.78. The molecular formula is C11H6IN5O3. The van der Waals surface area contributed by atoms with Crippen LogP contribution in [0, 0.1) is 25.0 Å². The number of anilines is 1. The van der Waals surface area contributed by atoms with Crippen LogP contribution in [0.3, 0.4) is 0 Å². The lowest BCUT2D eigenvalue weighted by molar-refractivity contribution is -0.385. The van der Waals surface area contributed by atoms with Gasteiger partial charge in [0.2, 0.25) is 5.75 Å². The fourth-order valence-corrected chi connectivity index (χ4v) is 2.11. The van der Waals surface area contributed by atoms with E-state index in [2.05, 4.69) is 9.97 Å². The number of nitro benzene ring substituents is 1. The highest BCUT2D eigenvalue weighted by Gasteiger charge is 2.22. The molecule has 0 radical (unpaired) electrons. The molecule has 0 aliphatic carbocycles. The number of hydrogen-bond donors (Lipinski definition) is 1. The summed E-state index contributed by atoms with van der Waals surface area (Å²) in [5.41, 5.74) is 5.41. The molecule has 0 atom stereocenters. The minimum Gasteiger partial charge on any atom is -0.427 e. The van der Waals surface area contributed by atoms with E-state index in [0.29, 0.717) is 3.57 Å². The van der Waals surface area contributed by atoms with E-state index in [0.717, 1.165) is 6.07 Å². The predicted octanol–water partition coefficient (Wildman–Crippen LogP) is 2.24. The van der Waals surface area contributed by atoms with Crippen molar-refractivity contribution in [2.45, 2.75) is 0 Å².